The van der Waals surface area contributed by atoms with Gasteiger partial charge in [0.2, 0.25) is 5.91 Å². The minimum atomic E-state index is -1.03. The van der Waals surface area contributed by atoms with E-state index in [1.54, 1.807) is 19.1 Å². The molecule has 0 aromatic heterocycles. The van der Waals surface area contributed by atoms with Crippen LogP contribution in [0.3, 0.4) is 0 Å². The molecule has 4 heteroatoms. The fraction of sp³-hybridized carbons (Fsp3) is 0.429. The van der Waals surface area contributed by atoms with Crippen molar-refractivity contribution in [3.8, 4) is 0 Å². The molecule has 98 valence electrons. The van der Waals surface area contributed by atoms with Crippen molar-refractivity contribution in [3.63, 3.8) is 0 Å². The number of anilines is 1. The Morgan fingerprint density at radius 1 is 1.39 bits per heavy atom. The van der Waals surface area contributed by atoms with Gasteiger partial charge in [-0.3, -0.25) is 4.79 Å². The van der Waals surface area contributed by atoms with Gasteiger partial charge in [0.05, 0.1) is 11.3 Å². The first-order valence-corrected chi connectivity index (χ1v) is 6.08. The Hall–Kier alpha value is -1.84. The van der Waals surface area contributed by atoms with Crippen molar-refractivity contribution < 1.29 is 14.7 Å². The van der Waals surface area contributed by atoms with Crippen molar-refractivity contribution in [2.45, 2.75) is 33.6 Å². The van der Waals surface area contributed by atoms with Gasteiger partial charge in [0, 0.05) is 6.42 Å². The van der Waals surface area contributed by atoms with Crippen molar-refractivity contribution in [1.29, 1.82) is 0 Å². The zero-order chi connectivity index (χ0) is 13.7. The van der Waals surface area contributed by atoms with E-state index in [0.717, 1.165) is 12.0 Å². The predicted molar refractivity (Wildman–Crippen MR) is 70.8 cm³/mol. The number of carbonyl (C=O) groups excluding carboxylic acids is 1. The van der Waals surface area contributed by atoms with E-state index in [4.69, 9.17) is 5.11 Å². The van der Waals surface area contributed by atoms with Crippen molar-refractivity contribution in [2.24, 2.45) is 5.92 Å². The van der Waals surface area contributed by atoms with Gasteiger partial charge in [0.25, 0.3) is 0 Å². The van der Waals surface area contributed by atoms with Crippen molar-refractivity contribution in [3.05, 3.63) is 29.3 Å². The number of aryl methyl sites for hydroxylation is 1. The second kappa shape index (κ2) is 6.19. The standard InChI is InChI=1S/C14H19NO3/c1-4-9(2)8-12(16)15-13-10(3)6-5-7-11(13)14(17)18/h5-7,9H,4,8H2,1-3H3,(H,15,16)(H,17,18). The van der Waals surface area contributed by atoms with E-state index < -0.39 is 5.97 Å². The fourth-order valence-electron chi connectivity index (χ4n) is 1.66. The van der Waals surface area contributed by atoms with Crippen LogP contribution in [0.2, 0.25) is 0 Å². The molecule has 4 nitrogen and oxygen atoms in total. The summed E-state index contributed by atoms with van der Waals surface area (Å²) in [5.74, 6) is -0.874. The summed E-state index contributed by atoms with van der Waals surface area (Å²) in [4.78, 5) is 22.9. The molecule has 0 fully saturated rings. The number of carboxylic acids is 1. The maximum atomic E-state index is 11.8. The third-order valence-electron chi connectivity index (χ3n) is 3.00. The molecule has 1 atom stereocenters. The maximum Gasteiger partial charge on any atom is 0.337 e. The molecule has 0 heterocycles. The normalized spacial score (nSPS) is 11.9. The Morgan fingerprint density at radius 2 is 2.06 bits per heavy atom. The molecule has 0 saturated carbocycles. The van der Waals surface area contributed by atoms with E-state index in [-0.39, 0.29) is 11.5 Å². The molecule has 1 amide bonds. The van der Waals surface area contributed by atoms with E-state index in [0.29, 0.717) is 18.0 Å². The average molecular weight is 249 g/mol. The molecule has 0 aliphatic heterocycles. The third-order valence-corrected chi connectivity index (χ3v) is 3.00. The topological polar surface area (TPSA) is 66.4 Å². The lowest BCUT2D eigenvalue weighted by Gasteiger charge is -2.13. The summed E-state index contributed by atoms with van der Waals surface area (Å²) >= 11 is 0. The molecular weight excluding hydrogens is 230 g/mol. The number of hydrogen-bond donors (Lipinski definition) is 2. The van der Waals surface area contributed by atoms with Crippen LogP contribution in [0.25, 0.3) is 0 Å². The summed E-state index contributed by atoms with van der Waals surface area (Å²) in [6.07, 6.45) is 1.33. The summed E-state index contributed by atoms with van der Waals surface area (Å²) in [5, 5.41) is 11.8. The molecule has 0 aliphatic rings. The smallest absolute Gasteiger partial charge is 0.337 e. The number of nitrogens with one attached hydrogen (secondary N) is 1. The molecular formula is C14H19NO3. The summed E-state index contributed by atoms with van der Waals surface area (Å²) in [7, 11) is 0. The number of benzene rings is 1. The minimum absolute atomic E-state index is 0.132. The van der Waals surface area contributed by atoms with Gasteiger partial charge in [-0.2, -0.15) is 0 Å². The van der Waals surface area contributed by atoms with Crippen molar-refractivity contribution in [2.75, 3.05) is 5.32 Å². The quantitative estimate of drug-likeness (QED) is 0.842. The van der Waals surface area contributed by atoms with Crippen molar-refractivity contribution in [1.82, 2.24) is 0 Å². The van der Waals surface area contributed by atoms with Gasteiger partial charge in [-0.15, -0.1) is 0 Å². The lowest BCUT2D eigenvalue weighted by atomic mass is 10.0. The van der Waals surface area contributed by atoms with E-state index in [2.05, 4.69) is 5.32 Å². The lowest BCUT2D eigenvalue weighted by Crippen LogP contribution is -2.17. The molecule has 0 radical (unpaired) electrons. The maximum absolute atomic E-state index is 11.8. The SMILES string of the molecule is CCC(C)CC(=O)Nc1c(C)cccc1C(=O)O. The third kappa shape index (κ3) is 3.58. The molecule has 2 N–H and O–H groups in total. The second-order valence-electron chi connectivity index (χ2n) is 4.57. The molecule has 1 unspecified atom stereocenters. The predicted octanol–water partition coefficient (Wildman–Crippen LogP) is 3.07. The fourth-order valence-corrected chi connectivity index (χ4v) is 1.66. The van der Waals surface area contributed by atoms with Gasteiger partial charge in [-0.05, 0) is 24.5 Å². The van der Waals surface area contributed by atoms with Crippen LogP contribution < -0.4 is 5.32 Å². The monoisotopic (exact) mass is 249 g/mol. The highest BCUT2D eigenvalue weighted by molar-refractivity contribution is 6.01. The summed E-state index contributed by atoms with van der Waals surface area (Å²) in [6, 6.07) is 4.95. The van der Waals surface area contributed by atoms with Crippen LogP contribution in [-0.2, 0) is 4.79 Å². The van der Waals surface area contributed by atoms with Gasteiger partial charge >= 0.3 is 5.97 Å². The number of rotatable bonds is 5. The highest BCUT2D eigenvalue weighted by atomic mass is 16.4. The number of hydrogen-bond acceptors (Lipinski definition) is 2. The molecule has 1 rings (SSSR count). The minimum Gasteiger partial charge on any atom is -0.478 e. The zero-order valence-electron chi connectivity index (χ0n) is 11.0. The van der Waals surface area contributed by atoms with E-state index in [9.17, 15) is 9.59 Å². The second-order valence-corrected chi connectivity index (χ2v) is 4.57. The number of carboxylic acid groups (broad SMARTS) is 1. The number of amides is 1. The van der Waals surface area contributed by atoms with E-state index >= 15 is 0 Å². The highest BCUT2D eigenvalue weighted by Gasteiger charge is 2.15. The van der Waals surface area contributed by atoms with Crippen LogP contribution >= 0.6 is 0 Å². The molecule has 0 saturated heterocycles. The molecule has 1 aromatic carbocycles. The van der Waals surface area contributed by atoms with Crippen LogP contribution in [0, 0.1) is 12.8 Å². The Balaban J connectivity index is 2.90. The first-order valence-electron chi connectivity index (χ1n) is 6.08. The Bertz CT molecular complexity index is 454. The first kappa shape index (κ1) is 14.2. The Kier molecular flexibility index (Phi) is 4.89. The van der Waals surface area contributed by atoms with Crippen LogP contribution in [0.4, 0.5) is 5.69 Å². The largest absolute Gasteiger partial charge is 0.478 e. The van der Waals surface area contributed by atoms with Gasteiger partial charge in [0.15, 0.2) is 0 Å². The van der Waals surface area contributed by atoms with Gasteiger partial charge < -0.3 is 10.4 Å². The average Bonchev–Trinajstić information content (AvgIpc) is 2.31. The molecule has 18 heavy (non-hydrogen) atoms. The van der Waals surface area contributed by atoms with Crippen LogP contribution in [0.15, 0.2) is 18.2 Å². The Morgan fingerprint density at radius 3 is 2.61 bits per heavy atom. The summed E-state index contributed by atoms with van der Waals surface area (Å²) in [5.41, 5.74) is 1.29. The zero-order valence-corrected chi connectivity index (χ0v) is 11.0. The number of para-hydroxylation sites is 1. The number of carbonyl (C=O) groups is 2. The Labute approximate surface area is 107 Å². The van der Waals surface area contributed by atoms with Gasteiger partial charge in [-0.25, -0.2) is 4.79 Å². The van der Waals surface area contributed by atoms with Crippen LogP contribution in [-0.4, -0.2) is 17.0 Å². The summed E-state index contributed by atoms with van der Waals surface area (Å²) < 4.78 is 0. The summed E-state index contributed by atoms with van der Waals surface area (Å²) in [6.45, 7) is 5.80. The van der Waals surface area contributed by atoms with Gasteiger partial charge in [-0.1, -0.05) is 32.4 Å². The number of aromatic carboxylic acids is 1. The van der Waals surface area contributed by atoms with E-state index in [1.165, 1.54) is 6.07 Å². The molecule has 0 aliphatic carbocycles. The molecule has 0 bridgehead atoms. The molecule has 0 spiro atoms. The van der Waals surface area contributed by atoms with Gasteiger partial charge in [0.1, 0.15) is 0 Å². The van der Waals surface area contributed by atoms with E-state index in [1.807, 2.05) is 13.8 Å². The lowest BCUT2D eigenvalue weighted by molar-refractivity contribution is -0.117. The first-order chi connectivity index (χ1) is 8.45. The molecule has 1 aromatic rings. The van der Waals surface area contributed by atoms with Crippen molar-refractivity contribution >= 4 is 17.6 Å². The highest BCUT2D eigenvalue weighted by Crippen LogP contribution is 2.21. The van der Waals surface area contributed by atoms with Crippen LogP contribution in [0.5, 0.6) is 0 Å². The van der Waals surface area contributed by atoms with Crippen LogP contribution in [0.1, 0.15) is 42.6 Å².